The number of thiazole rings is 1. The summed E-state index contributed by atoms with van der Waals surface area (Å²) in [6.45, 7) is 8.30. The van der Waals surface area contributed by atoms with Crippen LogP contribution in [0.1, 0.15) is 75.7 Å². The van der Waals surface area contributed by atoms with Crippen LogP contribution < -0.4 is 10.7 Å². The summed E-state index contributed by atoms with van der Waals surface area (Å²) in [5.74, 6) is -2.52. The topological polar surface area (TPSA) is 157 Å². The molecule has 0 bridgehead atoms. The fourth-order valence-corrected chi connectivity index (χ4v) is 7.88. The Balaban J connectivity index is 1.31. The molecule has 1 aromatic carbocycles. The number of nitrogens with one attached hydrogen (secondary N) is 2. The second-order valence-electron chi connectivity index (χ2n) is 13.9. The van der Waals surface area contributed by atoms with Crippen LogP contribution in [-0.2, 0) is 48.0 Å². The molecule has 3 atom stereocenters. The van der Waals surface area contributed by atoms with Crippen molar-refractivity contribution in [2.24, 2.45) is 0 Å². The first kappa shape index (κ1) is 39.4. The zero-order chi connectivity index (χ0) is 38.6. The minimum Gasteiger partial charge on any atom is -0.462 e. The number of hydrazine groups is 1. The molecule has 5 heterocycles. The van der Waals surface area contributed by atoms with Crippen LogP contribution in [0.4, 0.5) is 4.39 Å². The summed E-state index contributed by atoms with van der Waals surface area (Å²) in [5, 5.41) is 18.3. The van der Waals surface area contributed by atoms with E-state index in [1.54, 1.807) is 13.3 Å². The number of aliphatic hydroxyl groups is 1. The Hall–Kier alpha value is -4.28. The molecule has 6 rings (SSSR count). The Morgan fingerprint density at radius 2 is 1.98 bits per heavy atom. The Morgan fingerprint density at radius 1 is 1.19 bits per heavy atom. The van der Waals surface area contributed by atoms with Gasteiger partial charge in [0.1, 0.15) is 6.04 Å². The number of aromatic nitrogens is 3. The van der Waals surface area contributed by atoms with E-state index in [2.05, 4.69) is 47.4 Å². The van der Waals surface area contributed by atoms with Crippen molar-refractivity contribution >= 4 is 40.0 Å². The lowest BCUT2D eigenvalue weighted by Gasteiger charge is -2.40. The highest BCUT2D eigenvalue weighted by Gasteiger charge is 2.49. The summed E-state index contributed by atoms with van der Waals surface area (Å²) in [5.41, 5.74) is 5.13. The van der Waals surface area contributed by atoms with Crippen molar-refractivity contribution in [3.8, 4) is 22.5 Å². The molecule has 3 aromatic heterocycles. The summed E-state index contributed by atoms with van der Waals surface area (Å²) in [7, 11) is 1.68. The van der Waals surface area contributed by atoms with Gasteiger partial charge in [-0.3, -0.25) is 19.6 Å². The van der Waals surface area contributed by atoms with Gasteiger partial charge in [0.2, 0.25) is 11.4 Å². The minimum absolute atomic E-state index is 0.0280. The van der Waals surface area contributed by atoms with Crippen LogP contribution in [0.2, 0.25) is 0 Å². The Bertz CT molecular complexity index is 2000. The van der Waals surface area contributed by atoms with E-state index in [1.807, 2.05) is 31.4 Å². The van der Waals surface area contributed by atoms with Crippen molar-refractivity contribution in [1.82, 2.24) is 30.3 Å². The van der Waals surface area contributed by atoms with Crippen molar-refractivity contribution in [3.05, 3.63) is 58.2 Å². The molecule has 3 N–H and O–H groups in total. The number of esters is 1. The summed E-state index contributed by atoms with van der Waals surface area (Å²) in [6, 6.07) is 9.08. The molecule has 4 aromatic rings. The minimum atomic E-state index is -2.26. The number of hydrogen-bond acceptors (Lipinski definition) is 11. The monoisotopic (exact) mass is 764 g/mol. The standard InChI is InChI=1S/C39H49FN6O7S/c1-6-11-26-28-19-25(13-14-31(28)45(8-3)34(26)27-12-9-16-41-33(27)24(4)51-5)30-21-54-32(42-30)20-29(43-36(48)38(40)22-52-23-38)35(47)46-17-10-15-39(50,44-46)37(49)53-18-7-2/h9,12-14,16,19,21,24,29,44,50H,6-8,10-11,15,17-18,20,22-23H2,1-5H3,(H,43,48)/t24-,29-,39+/m0/s1. The first-order valence-electron chi connectivity index (χ1n) is 18.6. The number of hydrogen-bond donors (Lipinski definition) is 3. The molecule has 2 fully saturated rings. The van der Waals surface area contributed by atoms with Gasteiger partial charge in [0.05, 0.1) is 48.0 Å². The number of carbonyl (C=O) groups is 3. The molecule has 13 nitrogen and oxygen atoms in total. The number of amides is 2. The number of alkyl halides is 1. The largest absolute Gasteiger partial charge is 0.462 e. The molecule has 2 amide bonds. The fourth-order valence-electron chi connectivity index (χ4n) is 7.03. The molecule has 0 radical (unpaired) electrons. The van der Waals surface area contributed by atoms with Crippen LogP contribution in [0.3, 0.4) is 0 Å². The summed E-state index contributed by atoms with van der Waals surface area (Å²) >= 11 is 1.32. The van der Waals surface area contributed by atoms with Crippen LogP contribution in [0, 0.1) is 0 Å². The molecule has 290 valence electrons. The highest BCUT2D eigenvalue weighted by molar-refractivity contribution is 7.10. The molecular weight excluding hydrogens is 716 g/mol. The van der Waals surface area contributed by atoms with E-state index in [0.29, 0.717) is 17.1 Å². The van der Waals surface area contributed by atoms with Crippen LogP contribution >= 0.6 is 11.3 Å². The van der Waals surface area contributed by atoms with Crippen molar-refractivity contribution in [2.45, 2.75) is 96.3 Å². The van der Waals surface area contributed by atoms with E-state index in [-0.39, 0.29) is 38.5 Å². The van der Waals surface area contributed by atoms with Gasteiger partial charge in [-0.2, -0.15) is 5.43 Å². The Morgan fingerprint density at radius 3 is 2.67 bits per heavy atom. The third-order valence-electron chi connectivity index (χ3n) is 10.00. The first-order chi connectivity index (χ1) is 26.0. The average molecular weight is 765 g/mol. The predicted octanol–water partition coefficient (Wildman–Crippen LogP) is 5.04. The fraction of sp³-hybridized carbons (Fsp3) is 0.513. The van der Waals surface area contributed by atoms with Crippen LogP contribution in [0.5, 0.6) is 0 Å². The van der Waals surface area contributed by atoms with E-state index >= 15 is 4.39 Å². The molecule has 15 heteroatoms. The van der Waals surface area contributed by atoms with E-state index in [4.69, 9.17) is 24.2 Å². The zero-order valence-corrected chi connectivity index (χ0v) is 32.3. The van der Waals surface area contributed by atoms with Gasteiger partial charge in [0.25, 0.3) is 11.8 Å². The van der Waals surface area contributed by atoms with Crippen LogP contribution in [-0.4, -0.2) is 93.3 Å². The molecule has 2 saturated heterocycles. The highest BCUT2D eigenvalue weighted by atomic mass is 32.1. The summed E-state index contributed by atoms with van der Waals surface area (Å²) < 4.78 is 33.3. The Kier molecular flexibility index (Phi) is 12.1. The SMILES string of the molecule is CCCOC(=O)[C@]1(O)CCCN(C(=O)[C@H](Cc2nc(-c3ccc4c(c3)c(CCC)c(-c3cccnc3[C@H](C)OC)n4CC)cs2)NC(=O)C2(F)COC2)N1. The molecule has 0 unspecified atom stereocenters. The maximum Gasteiger partial charge on any atom is 0.355 e. The number of rotatable bonds is 15. The third kappa shape index (κ3) is 7.78. The van der Waals surface area contributed by atoms with Crippen molar-refractivity contribution in [1.29, 1.82) is 0 Å². The van der Waals surface area contributed by atoms with Crippen LogP contribution in [0.25, 0.3) is 33.4 Å². The number of methoxy groups -OCH3 is 1. The van der Waals surface area contributed by atoms with Gasteiger partial charge in [0, 0.05) is 66.6 Å². The number of carbonyl (C=O) groups excluding carboxylic acids is 3. The van der Waals surface area contributed by atoms with Crippen molar-refractivity contribution in [3.63, 3.8) is 0 Å². The molecule has 2 aliphatic rings. The molecular formula is C39H49FN6O7S. The maximum absolute atomic E-state index is 15.1. The van der Waals surface area contributed by atoms with E-state index in [0.717, 1.165) is 57.8 Å². The first-order valence-corrected chi connectivity index (χ1v) is 19.5. The van der Waals surface area contributed by atoms with E-state index in [1.165, 1.54) is 16.9 Å². The lowest BCUT2D eigenvalue weighted by atomic mass is 9.98. The highest BCUT2D eigenvalue weighted by Crippen LogP contribution is 2.39. The quantitative estimate of drug-likeness (QED) is 0.140. The molecule has 0 aliphatic carbocycles. The van der Waals surface area contributed by atoms with Gasteiger partial charge in [-0.05, 0) is 62.9 Å². The van der Waals surface area contributed by atoms with Crippen molar-refractivity contribution < 1.29 is 38.1 Å². The third-order valence-corrected chi connectivity index (χ3v) is 10.9. The summed E-state index contributed by atoms with van der Waals surface area (Å²) in [4.78, 5) is 49.3. The number of nitrogens with zero attached hydrogens (tertiary/aromatic N) is 4. The predicted molar refractivity (Wildman–Crippen MR) is 202 cm³/mol. The summed E-state index contributed by atoms with van der Waals surface area (Å²) in [6.07, 6.45) is 4.21. The van der Waals surface area contributed by atoms with Crippen molar-refractivity contribution in [2.75, 3.05) is 33.5 Å². The van der Waals surface area contributed by atoms with Gasteiger partial charge in [-0.15, -0.1) is 11.3 Å². The molecule has 2 aliphatic heterocycles. The average Bonchev–Trinajstić information content (AvgIpc) is 3.77. The lowest BCUT2D eigenvalue weighted by molar-refractivity contribution is -0.187. The van der Waals surface area contributed by atoms with Gasteiger partial charge < -0.3 is 29.2 Å². The molecule has 54 heavy (non-hydrogen) atoms. The normalized spacial score (nSPS) is 19.3. The molecule has 0 saturated carbocycles. The number of pyridine rings is 1. The van der Waals surface area contributed by atoms with E-state index in [9.17, 15) is 19.5 Å². The second kappa shape index (κ2) is 16.6. The zero-order valence-electron chi connectivity index (χ0n) is 31.4. The number of fused-ring (bicyclic) bond motifs is 1. The number of halogens is 1. The van der Waals surface area contributed by atoms with Gasteiger partial charge >= 0.3 is 5.97 Å². The van der Waals surface area contributed by atoms with E-state index < -0.39 is 48.4 Å². The van der Waals surface area contributed by atoms with Gasteiger partial charge in [-0.1, -0.05) is 26.3 Å². The van der Waals surface area contributed by atoms with Gasteiger partial charge in [0.15, 0.2) is 0 Å². The smallest absolute Gasteiger partial charge is 0.355 e. The van der Waals surface area contributed by atoms with Crippen LogP contribution in [0.15, 0.2) is 41.9 Å². The number of benzene rings is 1. The molecule has 0 spiro atoms. The van der Waals surface area contributed by atoms with Gasteiger partial charge in [-0.25, -0.2) is 14.2 Å². The number of ether oxygens (including phenoxy) is 3. The number of aryl methyl sites for hydroxylation is 2. The lowest BCUT2D eigenvalue weighted by Crippen LogP contribution is -2.68. The maximum atomic E-state index is 15.1. The Labute approximate surface area is 318 Å². The second-order valence-corrected chi connectivity index (χ2v) is 14.8.